The van der Waals surface area contributed by atoms with Gasteiger partial charge >= 0.3 is 0 Å². The summed E-state index contributed by atoms with van der Waals surface area (Å²) in [5, 5.41) is 10.6. The predicted octanol–water partition coefficient (Wildman–Crippen LogP) is 4.96. The smallest absolute Gasteiger partial charge is 0.127 e. The minimum Gasteiger partial charge on any atom is -0.507 e. The van der Waals surface area contributed by atoms with E-state index in [0.717, 1.165) is 36.8 Å². The summed E-state index contributed by atoms with van der Waals surface area (Å²) in [4.78, 5) is 0. The number of rotatable bonds is 2. The lowest BCUT2D eigenvalue weighted by Crippen LogP contribution is -2.45. The topological polar surface area (TPSA) is 29.5 Å². The van der Waals surface area contributed by atoms with Crippen LogP contribution in [0.4, 0.5) is 0 Å². The van der Waals surface area contributed by atoms with E-state index in [1.165, 1.54) is 5.57 Å². The molecule has 3 atom stereocenters. The molecule has 1 aromatic rings. The Hall–Kier alpha value is -1.44. The summed E-state index contributed by atoms with van der Waals surface area (Å²) in [6, 6.07) is 3.72. The second-order valence-corrected chi connectivity index (χ2v) is 6.67. The van der Waals surface area contributed by atoms with E-state index < -0.39 is 12.5 Å². The van der Waals surface area contributed by atoms with Crippen LogP contribution in [0.5, 0.6) is 11.5 Å². The molecule has 2 aliphatic rings. The number of aryl methyl sites for hydroxylation is 1. The predicted molar refractivity (Wildman–Crippen MR) is 86.0 cm³/mol. The van der Waals surface area contributed by atoms with Crippen LogP contribution in [0, 0.1) is 5.92 Å². The van der Waals surface area contributed by atoms with Gasteiger partial charge in [0, 0.05) is 21.5 Å². The first-order chi connectivity index (χ1) is 11.2. The zero-order chi connectivity index (χ0) is 17.7. The molecule has 0 spiro atoms. The number of benzene rings is 1. The number of aromatic hydroxyl groups is 1. The summed E-state index contributed by atoms with van der Waals surface area (Å²) in [5.41, 5.74) is 1.74. The maximum Gasteiger partial charge on any atom is 0.127 e. The first-order valence-electron chi connectivity index (χ1n) is 9.39. The van der Waals surface area contributed by atoms with E-state index in [4.69, 9.17) is 8.85 Å². The van der Waals surface area contributed by atoms with E-state index in [1.807, 2.05) is 6.07 Å². The van der Waals surface area contributed by atoms with Crippen LogP contribution >= 0.6 is 0 Å². The van der Waals surface area contributed by atoms with Crippen LogP contribution in [0.1, 0.15) is 68.0 Å². The molecule has 1 aromatic carbocycles. The molecule has 0 fully saturated rings. The van der Waals surface area contributed by atoms with Gasteiger partial charge in [-0.1, -0.05) is 25.0 Å². The Kier molecular flexibility index (Phi) is 2.70. The molecule has 1 aliphatic carbocycles. The third-order valence-corrected chi connectivity index (χ3v) is 4.83. The monoisotopic (exact) mass is 289 g/mol. The molecule has 3 unspecified atom stereocenters. The van der Waals surface area contributed by atoms with Gasteiger partial charge in [0.2, 0.25) is 0 Å². The molecular formula is C19H26O2. The van der Waals surface area contributed by atoms with Crippen LogP contribution in [0.25, 0.3) is 0 Å². The second-order valence-electron chi connectivity index (χ2n) is 6.67. The Balaban J connectivity index is 2.19. The van der Waals surface area contributed by atoms with Gasteiger partial charge < -0.3 is 9.84 Å². The van der Waals surface area contributed by atoms with Crippen molar-refractivity contribution in [2.45, 2.75) is 64.8 Å². The van der Waals surface area contributed by atoms with Gasteiger partial charge in [-0.3, -0.25) is 0 Å². The van der Waals surface area contributed by atoms with Crippen LogP contribution in [-0.2, 0) is 6.42 Å². The minimum absolute atomic E-state index is 0.108. The van der Waals surface area contributed by atoms with E-state index in [-0.39, 0.29) is 17.6 Å². The fraction of sp³-hybridized carbons (Fsp3) is 0.579. The molecule has 114 valence electrons. The zero-order valence-electron chi connectivity index (χ0n) is 16.1. The molecule has 3 rings (SSSR count). The van der Waals surface area contributed by atoms with Gasteiger partial charge in [-0.25, -0.2) is 0 Å². The molecule has 0 amide bonds. The van der Waals surface area contributed by atoms with Crippen molar-refractivity contribution in [1.82, 2.24) is 0 Å². The van der Waals surface area contributed by atoms with Gasteiger partial charge in [-0.05, 0) is 57.7 Å². The summed E-state index contributed by atoms with van der Waals surface area (Å²) < 4.78 is 30.3. The Morgan fingerprint density at radius 2 is 2.29 bits per heavy atom. The Labute approximate surface area is 132 Å². The Bertz CT molecular complexity index is 678. The Morgan fingerprint density at radius 1 is 1.48 bits per heavy atom. The molecule has 1 N–H and O–H groups in total. The molecule has 1 aliphatic heterocycles. The van der Waals surface area contributed by atoms with Crippen LogP contribution < -0.4 is 4.74 Å². The molecule has 0 saturated heterocycles. The van der Waals surface area contributed by atoms with Gasteiger partial charge in [0.05, 0.1) is 0 Å². The van der Waals surface area contributed by atoms with Gasteiger partial charge in [-0.2, -0.15) is 0 Å². The highest BCUT2D eigenvalue weighted by Gasteiger charge is 2.45. The van der Waals surface area contributed by atoms with Crippen molar-refractivity contribution < 1.29 is 14.0 Å². The highest BCUT2D eigenvalue weighted by molar-refractivity contribution is 5.53. The number of ether oxygens (including phenoxy) is 1. The third-order valence-electron chi connectivity index (χ3n) is 4.83. The lowest BCUT2D eigenvalue weighted by molar-refractivity contribution is 0.0107. The first kappa shape index (κ1) is 11.2. The van der Waals surface area contributed by atoms with Crippen molar-refractivity contribution >= 4 is 0 Å². The molecule has 0 radical (unpaired) electrons. The second kappa shape index (κ2) is 5.08. The number of fused-ring (bicyclic) bond motifs is 3. The highest BCUT2D eigenvalue weighted by atomic mass is 16.5. The summed E-state index contributed by atoms with van der Waals surface area (Å²) in [6.07, 6.45) is 5.55. The van der Waals surface area contributed by atoms with Crippen molar-refractivity contribution in [2.75, 3.05) is 0 Å². The molecule has 0 saturated carbocycles. The van der Waals surface area contributed by atoms with Crippen molar-refractivity contribution in [3.63, 3.8) is 0 Å². The van der Waals surface area contributed by atoms with Gasteiger partial charge in [0.1, 0.15) is 17.1 Å². The zero-order valence-corrected chi connectivity index (χ0v) is 13.1. The van der Waals surface area contributed by atoms with Crippen molar-refractivity contribution in [3.05, 3.63) is 34.9 Å². The molecule has 0 aromatic heterocycles. The highest BCUT2D eigenvalue weighted by Crippen LogP contribution is 2.53. The standard InChI is InChI=1S/C19H26O2/c1-5-6-13-10-16(20)18-14-9-12(2)7-8-15(14)19(3,4)21-17(18)11-13/h9-11,14-15,20H,5-8H2,1-4H3/i3D3. The number of allylic oxidation sites excluding steroid dienone is 2. The summed E-state index contributed by atoms with van der Waals surface area (Å²) in [7, 11) is 0. The number of hydrogen-bond donors (Lipinski definition) is 1. The minimum atomic E-state index is -2.22. The maximum absolute atomic E-state index is 10.6. The van der Waals surface area contributed by atoms with Crippen LogP contribution in [-0.4, -0.2) is 10.7 Å². The average molecular weight is 289 g/mol. The lowest BCUT2D eigenvalue weighted by atomic mass is 9.68. The van der Waals surface area contributed by atoms with E-state index in [0.29, 0.717) is 5.75 Å². The van der Waals surface area contributed by atoms with Gasteiger partial charge in [-0.15, -0.1) is 0 Å². The van der Waals surface area contributed by atoms with Crippen LogP contribution in [0.3, 0.4) is 0 Å². The quantitative estimate of drug-likeness (QED) is 0.780. The SMILES string of the molecule is [2H]C([2H])([2H])C1(C)Oc2cc(CCC)cc(O)c2C2C=C(C)CCC21. The van der Waals surface area contributed by atoms with Crippen molar-refractivity contribution in [1.29, 1.82) is 0 Å². The normalized spacial score (nSPS) is 33.7. The number of hydrogen-bond acceptors (Lipinski definition) is 2. The summed E-state index contributed by atoms with van der Waals surface area (Å²) >= 11 is 0. The average Bonchev–Trinajstić information content (AvgIpc) is 2.45. The van der Waals surface area contributed by atoms with Gasteiger partial charge in [0.25, 0.3) is 0 Å². The molecule has 1 heterocycles. The third kappa shape index (κ3) is 2.45. The number of phenolic OH excluding ortho intramolecular Hbond substituents is 1. The van der Waals surface area contributed by atoms with E-state index in [2.05, 4.69) is 19.9 Å². The molecular weight excluding hydrogens is 260 g/mol. The van der Waals surface area contributed by atoms with Crippen LogP contribution in [0.15, 0.2) is 23.8 Å². The summed E-state index contributed by atoms with van der Waals surface area (Å²) in [5.74, 6) is 0.487. The maximum atomic E-state index is 10.6. The number of phenols is 1. The molecule has 0 bridgehead atoms. The molecule has 2 nitrogen and oxygen atoms in total. The first-order valence-corrected chi connectivity index (χ1v) is 7.89. The van der Waals surface area contributed by atoms with Crippen molar-refractivity contribution in [3.8, 4) is 11.5 Å². The molecule has 2 heteroatoms. The summed E-state index contributed by atoms with van der Waals surface area (Å²) in [6.45, 7) is 3.63. The van der Waals surface area contributed by atoms with E-state index in [9.17, 15) is 5.11 Å². The van der Waals surface area contributed by atoms with E-state index in [1.54, 1.807) is 13.0 Å². The molecule has 21 heavy (non-hydrogen) atoms. The van der Waals surface area contributed by atoms with E-state index >= 15 is 0 Å². The fourth-order valence-electron chi connectivity index (χ4n) is 3.80. The van der Waals surface area contributed by atoms with Crippen LogP contribution in [0.2, 0.25) is 0 Å². The Morgan fingerprint density at radius 3 is 3.00 bits per heavy atom. The lowest BCUT2D eigenvalue weighted by Gasteiger charge is -2.46. The van der Waals surface area contributed by atoms with Crippen molar-refractivity contribution in [2.24, 2.45) is 5.92 Å². The van der Waals surface area contributed by atoms with Gasteiger partial charge in [0.15, 0.2) is 0 Å². The largest absolute Gasteiger partial charge is 0.507 e. The fourth-order valence-corrected chi connectivity index (χ4v) is 3.80.